The van der Waals surface area contributed by atoms with E-state index in [4.69, 9.17) is 27.9 Å². The van der Waals surface area contributed by atoms with E-state index in [0.29, 0.717) is 33.6 Å². The van der Waals surface area contributed by atoms with Gasteiger partial charge in [0.25, 0.3) is 5.91 Å². The van der Waals surface area contributed by atoms with Crippen molar-refractivity contribution in [2.24, 2.45) is 5.10 Å². The molecule has 0 aliphatic rings. The number of halogens is 2. The fourth-order valence-electron chi connectivity index (χ4n) is 2.60. The maximum absolute atomic E-state index is 12.4. The number of amides is 1. The summed E-state index contributed by atoms with van der Waals surface area (Å²) in [5.74, 6) is 0.385. The van der Waals surface area contributed by atoms with Crippen LogP contribution in [0.1, 0.15) is 28.5 Å². The summed E-state index contributed by atoms with van der Waals surface area (Å²) in [5, 5.41) is 11.9. The van der Waals surface area contributed by atoms with E-state index in [1.54, 1.807) is 18.2 Å². The minimum atomic E-state index is -0.400. The molecule has 28 heavy (non-hydrogen) atoms. The summed E-state index contributed by atoms with van der Waals surface area (Å²) in [5.41, 5.74) is 5.74. The fourth-order valence-corrected chi connectivity index (χ4v) is 3.06. The molecular formula is C20H18Cl2N4O2. The number of aromatic amines is 1. The Balaban J connectivity index is 1.72. The van der Waals surface area contributed by atoms with Crippen LogP contribution in [0.25, 0.3) is 11.3 Å². The van der Waals surface area contributed by atoms with Gasteiger partial charge in [-0.05, 0) is 50.2 Å². The van der Waals surface area contributed by atoms with Crippen molar-refractivity contribution >= 4 is 35.3 Å². The van der Waals surface area contributed by atoms with Gasteiger partial charge in [-0.1, -0.05) is 29.3 Å². The van der Waals surface area contributed by atoms with Crippen LogP contribution in [0.2, 0.25) is 10.0 Å². The van der Waals surface area contributed by atoms with Crippen molar-refractivity contribution in [2.75, 3.05) is 6.61 Å². The number of aromatic nitrogens is 2. The lowest BCUT2D eigenvalue weighted by Gasteiger charge is -2.04. The van der Waals surface area contributed by atoms with Crippen molar-refractivity contribution in [3.05, 3.63) is 69.3 Å². The molecule has 0 saturated heterocycles. The number of rotatable bonds is 6. The molecule has 0 aliphatic carbocycles. The highest BCUT2D eigenvalue weighted by Crippen LogP contribution is 2.25. The van der Waals surface area contributed by atoms with E-state index < -0.39 is 5.91 Å². The lowest BCUT2D eigenvalue weighted by atomic mass is 10.1. The van der Waals surface area contributed by atoms with Crippen LogP contribution in [-0.4, -0.2) is 28.9 Å². The number of nitrogens with one attached hydrogen (secondary N) is 2. The highest BCUT2D eigenvalue weighted by Gasteiger charge is 2.16. The molecule has 1 amide bonds. The van der Waals surface area contributed by atoms with Crippen LogP contribution < -0.4 is 10.2 Å². The van der Waals surface area contributed by atoms with E-state index in [1.807, 2.05) is 38.1 Å². The second-order valence-electron chi connectivity index (χ2n) is 5.89. The van der Waals surface area contributed by atoms with Gasteiger partial charge in [0.1, 0.15) is 11.4 Å². The molecule has 0 saturated carbocycles. The third kappa shape index (κ3) is 4.52. The summed E-state index contributed by atoms with van der Waals surface area (Å²) >= 11 is 11.9. The molecule has 1 heterocycles. The van der Waals surface area contributed by atoms with Crippen LogP contribution >= 0.6 is 23.2 Å². The smallest absolute Gasteiger partial charge is 0.289 e. The van der Waals surface area contributed by atoms with Crippen molar-refractivity contribution in [1.29, 1.82) is 0 Å². The molecule has 8 heteroatoms. The normalized spacial score (nSPS) is 11.0. The van der Waals surface area contributed by atoms with Gasteiger partial charge >= 0.3 is 0 Å². The summed E-state index contributed by atoms with van der Waals surface area (Å²) < 4.78 is 5.44. The zero-order valence-corrected chi connectivity index (χ0v) is 16.8. The number of hydrogen-bond acceptors (Lipinski definition) is 4. The van der Waals surface area contributed by atoms with Crippen molar-refractivity contribution in [3.63, 3.8) is 0 Å². The highest BCUT2D eigenvalue weighted by molar-refractivity contribution is 6.36. The van der Waals surface area contributed by atoms with Crippen LogP contribution in [0.15, 0.2) is 47.6 Å². The monoisotopic (exact) mass is 416 g/mol. The van der Waals surface area contributed by atoms with Crippen molar-refractivity contribution in [3.8, 4) is 17.0 Å². The van der Waals surface area contributed by atoms with Gasteiger partial charge in [0, 0.05) is 21.7 Å². The molecule has 2 N–H and O–H groups in total. The Kier molecular flexibility index (Phi) is 6.34. The minimum Gasteiger partial charge on any atom is -0.494 e. The molecule has 3 aromatic rings. The Morgan fingerprint density at radius 3 is 2.68 bits per heavy atom. The first-order valence-corrected chi connectivity index (χ1v) is 9.32. The third-order valence-corrected chi connectivity index (χ3v) is 4.57. The second kappa shape index (κ2) is 8.91. The van der Waals surface area contributed by atoms with Gasteiger partial charge in [0.05, 0.1) is 23.5 Å². The molecule has 0 atom stereocenters. The van der Waals surface area contributed by atoms with Crippen molar-refractivity contribution in [2.45, 2.75) is 13.8 Å². The van der Waals surface area contributed by atoms with Crippen LogP contribution in [0, 0.1) is 6.92 Å². The average molecular weight is 417 g/mol. The van der Waals surface area contributed by atoms with E-state index >= 15 is 0 Å². The van der Waals surface area contributed by atoms with Gasteiger partial charge < -0.3 is 4.74 Å². The molecule has 0 aliphatic heterocycles. The van der Waals surface area contributed by atoms with Crippen LogP contribution in [-0.2, 0) is 0 Å². The predicted octanol–water partition coefficient (Wildman–Crippen LogP) is 4.85. The first-order valence-electron chi connectivity index (χ1n) is 8.56. The van der Waals surface area contributed by atoms with Gasteiger partial charge in [-0.3, -0.25) is 9.89 Å². The van der Waals surface area contributed by atoms with Crippen molar-refractivity contribution < 1.29 is 9.53 Å². The van der Waals surface area contributed by atoms with Gasteiger partial charge in [-0.2, -0.15) is 10.2 Å². The summed E-state index contributed by atoms with van der Waals surface area (Å²) in [6.45, 7) is 4.36. The number of nitrogens with zero attached hydrogens (tertiary/aromatic N) is 2. The summed E-state index contributed by atoms with van der Waals surface area (Å²) in [7, 11) is 0. The lowest BCUT2D eigenvalue weighted by Crippen LogP contribution is -2.19. The predicted molar refractivity (Wildman–Crippen MR) is 111 cm³/mol. The zero-order valence-electron chi connectivity index (χ0n) is 15.3. The molecule has 0 unspecified atom stereocenters. The van der Waals surface area contributed by atoms with E-state index in [0.717, 1.165) is 16.9 Å². The van der Waals surface area contributed by atoms with Crippen LogP contribution in [0.5, 0.6) is 5.75 Å². The quantitative estimate of drug-likeness (QED) is 0.444. The number of carbonyl (C=O) groups excluding carboxylic acids is 1. The number of carbonyl (C=O) groups is 1. The van der Waals surface area contributed by atoms with Crippen molar-refractivity contribution in [1.82, 2.24) is 15.6 Å². The van der Waals surface area contributed by atoms with E-state index in [9.17, 15) is 4.79 Å². The zero-order chi connectivity index (χ0) is 20.1. The highest BCUT2D eigenvalue weighted by atomic mass is 35.5. The molecule has 0 bridgehead atoms. The minimum absolute atomic E-state index is 0.336. The van der Waals surface area contributed by atoms with E-state index in [1.165, 1.54) is 6.21 Å². The van der Waals surface area contributed by atoms with Gasteiger partial charge in [-0.25, -0.2) is 5.43 Å². The number of benzene rings is 2. The molecule has 6 nitrogen and oxygen atoms in total. The molecule has 1 aromatic heterocycles. The average Bonchev–Trinajstić information content (AvgIpc) is 3.06. The topological polar surface area (TPSA) is 79.4 Å². The second-order valence-corrected chi connectivity index (χ2v) is 6.74. The lowest BCUT2D eigenvalue weighted by molar-refractivity contribution is 0.0949. The molecule has 144 valence electrons. The number of ether oxygens (including phenoxy) is 1. The summed E-state index contributed by atoms with van der Waals surface area (Å²) in [6.07, 6.45) is 1.45. The number of H-pyrrole nitrogens is 1. The largest absolute Gasteiger partial charge is 0.494 e. The van der Waals surface area contributed by atoms with Crippen LogP contribution in [0.4, 0.5) is 0 Å². The fraction of sp³-hybridized carbons (Fsp3) is 0.150. The third-order valence-electron chi connectivity index (χ3n) is 4.01. The summed E-state index contributed by atoms with van der Waals surface area (Å²) in [4.78, 5) is 12.4. The molecule has 2 aromatic carbocycles. The first kappa shape index (κ1) is 19.9. The Morgan fingerprint density at radius 1 is 1.25 bits per heavy atom. The van der Waals surface area contributed by atoms with E-state index in [2.05, 4.69) is 20.7 Å². The molecule has 3 rings (SSSR count). The molecule has 0 spiro atoms. The first-order chi connectivity index (χ1) is 13.5. The van der Waals surface area contributed by atoms with E-state index in [-0.39, 0.29) is 0 Å². The Bertz CT molecular complexity index is 1010. The van der Waals surface area contributed by atoms with Crippen LogP contribution in [0.3, 0.4) is 0 Å². The summed E-state index contributed by atoms with van der Waals surface area (Å²) in [6, 6.07) is 12.5. The SMILES string of the molecule is CCOc1ccc(-c2n[nH]c(C(=O)NN=Cc3ccc(Cl)cc3Cl)c2C)cc1. The maximum atomic E-state index is 12.4. The Morgan fingerprint density at radius 2 is 2.00 bits per heavy atom. The van der Waals surface area contributed by atoms with Gasteiger partial charge in [-0.15, -0.1) is 0 Å². The van der Waals surface area contributed by atoms with Gasteiger partial charge in [0.15, 0.2) is 0 Å². The number of hydrazone groups is 1. The number of hydrogen-bond donors (Lipinski definition) is 2. The standard InChI is InChI=1S/C20H18Cl2N4O2/c1-3-28-16-8-5-13(6-9-16)18-12(2)19(25-24-18)20(27)26-23-11-14-4-7-15(21)10-17(14)22/h4-11H,3H2,1-2H3,(H,24,25)(H,26,27). The molecule has 0 radical (unpaired) electrons. The Hall–Kier alpha value is -2.83. The Labute approximate surface area is 172 Å². The molecule has 0 fully saturated rings. The van der Waals surface area contributed by atoms with Gasteiger partial charge in [0.2, 0.25) is 0 Å². The molecular weight excluding hydrogens is 399 g/mol. The maximum Gasteiger partial charge on any atom is 0.289 e.